The van der Waals surface area contributed by atoms with E-state index in [2.05, 4.69) is 114 Å². The molecule has 3 saturated heterocycles. The summed E-state index contributed by atoms with van der Waals surface area (Å²) in [6.07, 6.45) is -0.867. The molecule has 0 radical (unpaired) electrons. The van der Waals surface area contributed by atoms with Crippen LogP contribution in [-0.2, 0) is 59.7 Å². The summed E-state index contributed by atoms with van der Waals surface area (Å²) in [5.74, 6) is 0. The predicted octanol–water partition coefficient (Wildman–Crippen LogP) is 14.0. The van der Waals surface area contributed by atoms with Crippen molar-refractivity contribution in [3.8, 4) is 0 Å². The standard InChI is InChI=1S/C57H92O10SSi3/c1-15-69(16-2,17-3)65-50-35-34-48(61-41-46-28-24-21-25-29-46)49(36-37-60-40-45-26-22-20-23-27-45)63-52(50)39-57(68(58,59)47-32-30-44(8)31-33-47)54(64-57)38-51-53(66-70(18-4,19-5)43(6)7)42-62-71(67-51,55(9,10)11)56(12,13)14/h20-33,43,48-54H,15-19,34-42H2,1-14H3/t48-,49+,50+,51+,52-,53-,54-,57-/m1/s1. The van der Waals surface area contributed by atoms with Crippen molar-refractivity contribution in [3.05, 3.63) is 102 Å². The predicted molar refractivity (Wildman–Crippen MR) is 294 cm³/mol. The van der Waals surface area contributed by atoms with Crippen LogP contribution in [0, 0.1) is 6.92 Å². The Morgan fingerprint density at radius 1 is 0.704 bits per heavy atom. The monoisotopic (exact) mass is 1050 g/mol. The zero-order valence-electron chi connectivity index (χ0n) is 46.1. The van der Waals surface area contributed by atoms with E-state index in [0.29, 0.717) is 57.7 Å². The second kappa shape index (κ2) is 24.3. The number of hydrogen-bond acceptors (Lipinski definition) is 10. The molecule has 0 spiro atoms. The van der Waals surface area contributed by atoms with Crippen LogP contribution >= 0.6 is 0 Å². The smallest absolute Gasteiger partial charge is 0.349 e. The molecule has 10 nitrogen and oxygen atoms in total. The highest BCUT2D eigenvalue weighted by molar-refractivity contribution is 7.93. The molecule has 3 heterocycles. The summed E-state index contributed by atoms with van der Waals surface area (Å²) in [6, 6.07) is 32.4. The number of benzene rings is 3. The van der Waals surface area contributed by atoms with Gasteiger partial charge in [0.1, 0.15) is 6.10 Å². The molecular formula is C57H92O10SSi3. The number of ether oxygens (including phenoxy) is 4. The van der Waals surface area contributed by atoms with Gasteiger partial charge in [0.05, 0.1) is 61.3 Å². The maximum atomic E-state index is 15.8. The fourth-order valence-corrected chi connectivity index (χ4v) is 25.2. The van der Waals surface area contributed by atoms with Gasteiger partial charge in [0, 0.05) is 29.5 Å². The Hall–Kier alpha value is -2.06. The van der Waals surface area contributed by atoms with Gasteiger partial charge in [0.15, 0.2) is 16.6 Å². The van der Waals surface area contributed by atoms with Gasteiger partial charge >= 0.3 is 8.56 Å². The first-order chi connectivity index (χ1) is 33.6. The van der Waals surface area contributed by atoms with Crippen LogP contribution in [0.1, 0.15) is 139 Å². The number of aryl methyl sites for hydroxylation is 1. The van der Waals surface area contributed by atoms with Crippen LogP contribution < -0.4 is 0 Å². The maximum Gasteiger partial charge on any atom is 0.349 e. The lowest BCUT2D eigenvalue weighted by Crippen LogP contribution is -2.66. The third kappa shape index (κ3) is 13.1. The van der Waals surface area contributed by atoms with E-state index in [1.165, 1.54) is 0 Å². The Morgan fingerprint density at radius 2 is 1.27 bits per heavy atom. The fraction of sp³-hybridized carbons (Fsp3) is 0.684. The van der Waals surface area contributed by atoms with Gasteiger partial charge in [0.25, 0.3) is 0 Å². The third-order valence-electron chi connectivity index (χ3n) is 16.5. The number of hydrogen-bond donors (Lipinski definition) is 0. The average molecular weight is 1050 g/mol. The molecule has 0 amide bonds. The highest BCUT2D eigenvalue weighted by Crippen LogP contribution is 2.58. The van der Waals surface area contributed by atoms with Gasteiger partial charge in [-0.1, -0.05) is 168 Å². The molecular weight excluding hydrogens is 961 g/mol. The highest BCUT2D eigenvalue weighted by Gasteiger charge is 2.70. The Labute approximate surface area is 433 Å². The highest BCUT2D eigenvalue weighted by atomic mass is 32.2. The van der Waals surface area contributed by atoms with Crippen molar-refractivity contribution < 1.29 is 45.1 Å². The third-order valence-corrected chi connectivity index (χ3v) is 33.9. The van der Waals surface area contributed by atoms with E-state index in [4.69, 9.17) is 36.7 Å². The van der Waals surface area contributed by atoms with Gasteiger partial charge in [-0.2, -0.15) is 0 Å². The van der Waals surface area contributed by atoms with Gasteiger partial charge in [-0.05, 0) is 85.2 Å². The lowest BCUT2D eigenvalue weighted by molar-refractivity contribution is -0.124. The quantitative estimate of drug-likeness (QED) is 0.0488. The lowest BCUT2D eigenvalue weighted by atomic mass is 9.99. The largest absolute Gasteiger partial charge is 0.411 e. The summed E-state index contributed by atoms with van der Waals surface area (Å²) in [5.41, 5.74) is 3.54. The summed E-state index contributed by atoms with van der Waals surface area (Å²) in [4.78, 5) is -1.38. The molecule has 0 unspecified atom stereocenters. The Bertz CT molecular complexity index is 2170. The molecule has 6 rings (SSSR count). The SMILES string of the molecule is CC[Si](CC)(CC)O[C@H]1CC[C@@H](OCc2ccccc2)[C@H](CCOCc2ccccc2)O[C@@H]1C[C@]1(S(=O)(=O)c2ccc(C)cc2)O[C@@H]1C[C@@H]1O[Si](C(C)(C)C)(C(C)(C)C)OC[C@H]1O[Si](CC)(CC)C(C)C. The first-order valence-electron chi connectivity index (χ1n) is 27.2. The second-order valence-electron chi connectivity index (χ2n) is 23.2. The van der Waals surface area contributed by atoms with Crippen molar-refractivity contribution in [3.63, 3.8) is 0 Å². The second-order valence-corrected chi connectivity index (χ2v) is 39.8. The normalized spacial score (nSPS) is 26.6. The Morgan fingerprint density at radius 3 is 1.80 bits per heavy atom. The van der Waals surface area contributed by atoms with Crippen LogP contribution in [0.25, 0.3) is 0 Å². The van der Waals surface area contributed by atoms with Crippen LogP contribution in [0.3, 0.4) is 0 Å². The molecule has 0 saturated carbocycles. The van der Waals surface area contributed by atoms with Crippen LogP contribution in [0.2, 0.25) is 45.8 Å². The van der Waals surface area contributed by atoms with Crippen molar-refractivity contribution in [1.82, 2.24) is 0 Å². The summed E-state index contributed by atoms with van der Waals surface area (Å²) in [7, 11) is -11.7. The molecule has 14 heteroatoms. The summed E-state index contributed by atoms with van der Waals surface area (Å²) in [5, 5.41) is -0.587. The van der Waals surface area contributed by atoms with Crippen molar-refractivity contribution in [2.75, 3.05) is 13.2 Å². The van der Waals surface area contributed by atoms with E-state index >= 15 is 8.42 Å². The van der Waals surface area contributed by atoms with E-state index in [1.807, 2.05) is 55.5 Å². The molecule has 3 aliphatic heterocycles. The molecule has 3 fully saturated rings. The molecule has 0 aromatic heterocycles. The van der Waals surface area contributed by atoms with Gasteiger partial charge in [0.2, 0.25) is 14.8 Å². The maximum absolute atomic E-state index is 15.8. The van der Waals surface area contributed by atoms with E-state index in [9.17, 15) is 0 Å². The van der Waals surface area contributed by atoms with Crippen molar-refractivity contribution in [1.29, 1.82) is 0 Å². The molecule has 3 aromatic rings. The zero-order chi connectivity index (χ0) is 51.9. The molecule has 0 N–H and O–H groups in total. The van der Waals surface area contributed by atoms with E-state index in [-0.39, 0.29) is 39.7 Å². The van der Waals surface area contributed by atoms with Gasteiger partial charge < -0.3 is 36.7 Å². The minimum Gasteiger partial charge on any atom is -0.411 e. The number of rotatable bonds is 24. The minimum atomic E-state index is -4.14. The number of epoxide rings is 1. The van der Waals surface area contributed by atoms with Crippen LogP contribution in [0.15, 0.2) is 89.8 Å². The first-order valence-corrected chi connectivity index (χ1v) is 35.4. The summed E-state index contributed by atoms with van der Waals surface area (Å²) in [6.45, 7) is 32.9. The van der Waals surface area contributed by atoms with Gasteiger partial charge in [-0.15, -0.1) is 0 Å². The van der Waals surface area contributed by atoms with Crippen molar-refractivity contribution in [2.24, 2.45) is 0 Å². The molecule has 71 heavy (non-hydrogen) atoms. The molecule has 3 aromatic carbocycles. The minimum absolute atomic E-state index is 0.0946. The van der Waals surface area contributed by atoms with Crippen molar-refractivity contribution >= 4 is 35.0 Å². The van der Waals surface area contributed by atoms with Gasteiger partial charge in [-0.3, -0.25) is 0 Å². The van der Waals surface area contributed by atoms with Crippen LogP contribution in [0.5, 0.6) is 0 Å². The molecule has 398 valence electrons. The van der Waals surface area contributed by atoms with Crippen LogP contribution in [-0.4, -0.2) is 94.5 Å². The molecule has 0 bridgehead atoms. The fourth-order valence-electron chi connectivity index (χ4n) is 11.8. The van der Waals surface area contributed by atoms with E-state index in [0.717, 1.165) is 46.9 Å². The first kappa shape index (κ1) is 58.2. The number of sulfone groups is 1. The summed E-state index contributed by atoms with van der Waals surface area (Å²) < 4.78 is 88.8. The summed E-state index contributed by atoms with van der Waals surface area (Å²) >= 11 is 0. The Kier molecular flexibility index (Phi) is 19.9. The average Bonchev–Trinajstić information content (AvgIpc) is 4.08. The molecule has 0 aliphatic carbocycles. The lowest BCUT2D eigenvalue weighted by Gasteiger charge is -2.55. The Balaban J connectivity index is 1.43. The zero-order valence-corrected chi connectivity index (χ0v) is 49.9. The van der Waals surface area contributed by atoms with Crippen molar-refractivity contribution in [2.45, 2.75) is 241 Å². The molecule has 8 atom stereocenters. The van der Waals surface area contributed by atoms with Crippen LogP contribution in [0.4, 0.5) is 0 Å². The van der Waals surface area contributed by atoms with E-state index < -0.39 is 64.4 Å². The van der Waals surface area contributed by atoms with E-state index in [1.54, 1.807) is 12.1 Å². The van der Waals surface area contributed by atoms with Gasteiger partial charge in [-0.25, -0.2) is 8.42 Å². The topological polar surface area (TPSA) is 111 Å². The molecule has 3 aliphatic rings.